The van der Waals surface area contributed by atoms with E-state index in [1.54, 1.807) is 18.4 Å². The van der Waals surface area contributed by atoms with E-state index in [4.69, 9.17) is 14.5 Å². The predicted molar refractivity (Wildman–Crippen MR) is 170 cm³/mol. The van der Waals surface area contributed by atoms with Crippen molar-refractivity contribution in [1.29, 1.82) is 0 Å². The monoisotopic (exact) mass is 587 g/mol. The number of hydrogen-bond acceptors (Lipinski definition) is 7. The van der Waals surface area contributed by atoms with Crippen LogP contribution in [-0.4, -0.2) is 61.3 Å². The van der Waals surface area contributed by atoms with Gasteiger partial charge in [-0.15, -0.1) is 11.3 Å². The lowest BCUT2D eigenvalue weighted by molar-refractivity contribution is 0.126. The van der Waals surface area contributed by atoms with E-state index in [2.05, 4.69) is 45.0 Å². The zero-order valence-corrected chi connectivity index (χ0v) is 25.6. The van der Waals surface area contributed by atoms with E-state index in [9.17, 15) is 4.39 Å². The molecule has 1 spiro atoms. The van der Waals surface area contributed by atoms with Crippen molar-refractivity contribution in [2.45, 2.75) is 26.7 Å². The molecule has 9 heteroatoms. The summed E-state index contributed by atoms with van der Waals surface area (Å²) in [5.41, 5.74) is 5.36. The second-order valence-electron chi connectivity index (χ2n) is 10.9. The molecule has 0 atom stereocenters. The number of halogens is 1. The summed E-state index contributed by atoms with van der Waals surface area (Å²) in [5.74, 6) is 1.12. The molecule has 2 saturated heterocycles. The first-order valence-electron chi connectivity index (χ1n) is 14.8. The molecule has 0 saturated carbocycles. The fourth-order valence-electron chi connectivity index (χ4n) is 6.10. The van der Waals surface area contributed by atoms with E-state index in [1.807, 2.05) is 37.8 Å². The lowest BCUT2D eigenvalue weighted by Gasteiger charge is -2.48. The summed E-state index contributed by atoms with van der Waals surface area (Å²) in [6, 6.07) is 13.4. The highest BCUT2D eigenvalue weighted by atomic mass is 32.1. The van der Waals surface area contributed by atoms with Crippen LogP contribution in [0.4, 0.5) is 10.2 Å². The highest BCUT2D eigenvalue weighted by Crippen LogP contribution is 2.47. The summed E-state index contributed by atoms with van der Waals surface area (Å²) in [6.45, 7) is 8.81. The van der Waals surface area contributed by atoms with Gasteiger partial charge in [0.05, 0.1) is 24.0 Å². The predicted octanol–water partition coefficient (Wildman–Crippen LogP) is 6.90. The second-order valence-corrected chi connectivity index (χ2v) is 11.9. The van der Waals surface area contributed by atoms with Crippen LogP contribution in [0.1, 0.15) is 26.7 Å². The summed E-state index contributed by atoms with van der Waals surface area (Å²) < 4.78 is 28.8. The third-order valence-electron chi connectivity index (χ3n) is 8.49. The van der Waals surface area contributed by atoms with Crippen LogP contribution in [0.15, 0.2) is 54.0 Å². The Labute approximate surface area is 250 Å². The molecule has 1 N–H and O–H groups in total. The minimum Gasteiger partial charge on any atom is -0.490 e. The summed E-state index contributed by atoms with van der Waals surface area (Å²) in [6.07, 6.45) is 4.15. The van der Waals surface area contributed by atoms with Gasteiger partial charge in [0.15, 0.2) is 0 Å². The number of methoxy groups -OCH3 is 1. The Morgan fingerprint density at radius 2 is 1.86 bits per heavy atom. The van der Waals surface area contributed by atoms with Gasteiger partial charge in [0.1, 0.15) is 24.0 Å². The lowest BCUT2D eigenvalue weighted by atomic mass is 9.73. The number of hydrogen-bond donors (Lipinski definition) is 1. The highest BCUT2D eigenvalue weighted by molar-refractivity contribution is 7.18. The number of fused-ring (bicyclic) bond motifs is 2. The van der Waals surface area contributed by atoms with Crippen molar-refractivity contribution >= 4 is 38.1 Å². The molecule has 7 rings (SSSR count). The minimum absolute atomic E-state index is 0.327. The third-order valence-corrected chi connectivity index (χ3v) is 9.42. The molecule has 0 unspecified atom stereocenters. The van der Waals surface area contributed by atoms with Crippen molar-refractivity contribution in [2.24, 2.45) is 12.5 Å². The maximum absolute atomic E-state index is 14.5. The van der Waals surface area contributed by atoms with Crippen LogP contribution in [0.25, 0.3) is 43.4 Å². The number of piperidine rings is 1. The number of ether oxygens (including phenoxy) is 2. The Morgan fingerprint density at radius 1 is 1.05 bits per heavy atom. The molecule has 2 aliphatic heterocycles. The van der Waals surface area contributed by atoms with Crippen molar-refractivity contribution in [3.63, 3.8) is 0 Å². The summed E-state index contributed by atoms with van der Waals surface area (Å²) in [5, 5.41) is 12.2. The van der Waals surface area contributed by atoms with E-state index >= 15 is 0 Å². The van der Waals surface area contributed by atoms with Gasteiger partial charge in [-0.25, -0.2) is 9.37 Å². The molecule has 0 radical (unpaired) electrons. The number of nitrogens with zero attached hydrogens (tertiary/aromatic N) is 4. The molecular weight excluding hydrogens is 549 g/mol. The van der Waals surface area contributed by atoms with Crippen LogP contribution in [0.2, 0.25) is 0 Å². The van der Waals surface area contributed by atoms with Gasteiger partial charge in [-0.3, -0.25) is 4.68 Å². The molecule has 0 aliphatic carbocycles. The highest BCUT2D eigenvalue weighted by Gasteiger charge is 2.40. The van der Waals surface area contributed by atoms with E-state index in [-0.39, 0.29) is 5.82 Å². The van der Waals surface area contributed by atoms with Crippen molar-refractivity contribution in [3.05, 3.63) is 59.9 Å². The van der Waals surface area contributed by atoms with Crippen LogP contribution in [0, 0.1) is 11.2 Å². The number of benzene rings is 2. The Morgan fingerprint density at radius 3 is 2.60 bits per heavy atom. The van der Waals surface area contributed by atoms with Gasteiger partial charge in [-0.2, -0.15) is 5.10 Å². The molecule has 2 fully saturated rings. The van der Waals surface area contributed by atoms with Gasteiger partial charge < -0.3 is 19.7 Å². The molecule has 0 amide bonds. The number of rotatable bonds is 7. The SMILES string of the molecule is CC.COCCOc1cc(F)ccc1-c1c(N2CCC3(CC2)CNC3)nc(-c2ccc3c(cnn3C)c2)c2ccsc12. The molecule has 42 heavy (non-hydrogen) atoms. The van der Waals surface area contributed by atoms with Gasteiger partial charge in [0, 0.05) is 78.6 Å². The molecule has 2 aliphatic rings. The molecule has 3 aromatic heterocycles. The molecule has 5 heterocycles. The van der Waals surface area contributed by atoms with E-state index in [0.717, 1.165) is 88.2 Å². The zero-order valence-electron chi connectivity index (χ0n) is 24.7. The Balaban J connectivity index is 0.00000155. The minimum atomic E-state index is -0.327. The number of anilines is 1. The molecule has 7 nitrogen and oxygen atoms in total. The number of aryl methyl sites for hydroxylation is 1. The average Bonchev–Trinajstić information content (AvgIpc) is 3.64. The van der Waals surface area contributed by atoms with E-state index in [1.165, 1.54) is 12.1 Å². The maximum Gasteiger partial charge on any atom is 0.138 e. The summed E-state index contributed by atoms with van der Waals surface area (Å²) in [4.78, 5) is 7.85. The maximum atomic E-state index is 14.5. The van der Waals surface area contributed by atoms with Crippen LogP contribution in [-0.2, 0) is 11.8 Å². The molecule has 0 bridgehead atoms. The first kappa shape index (κ1) is 28.6. The molecule has 2 aromatic carbocycles. The smallest absolute Gasteiger partial charge is 0.138 e. The Bertz CT molecular complexity index is 1700. The van der Waals surface area contributed by atoms with Gasteiger partial charge in [0.25, 0.3) is 0 Å². The van der Waals surface area contributed by atoms with Crippen molar-refractivity contribution in [2.75, 3.05) is 51.4 Å². The number of nitrogens with one attached hydrogen (secondary N) is 1. The largest absolute Gasteiger partial charge is 0.490 e. The van der Waals surface area contributed by atoms with E-state index < -0.39 is 0 Å². The first-order chi connectivity index (χ1) is 20.5. The standard InChI is InChI=1S/C31H32FN5O2S.C2H6/c1-36-25-6-3-20(15-21(25)17-34-36)28-24-7-14-40-29(24)27(23-5-4-22(32)16-26(23)39-13-12-38-2)30(35-28)37-10-8-31(9-11-37)18-33-19-31;1-2/h3-7,14-17,33H,8-13,18-19H2,1-2H3;1-2H3. The Kier molecular flexibility index (Phi) is 8.16. The quantitative estimate of drug-likeness (QED) is 0.209. The fraction of sp³-hybridized carbons (Fsp3) is 0.394. The number of aromatic nitrogens is 3. The Hall–Kier alpha value is -3.53. The topological polar surface area (TPSA) is 64.4 Å². The third kappa shape index (κ3) is 5.14. The zero-order chi connectivity index (χ0) is 29.3. The molecule has 220 valence electrons. The number of thiophene rings is 1. The second kappa shape index (κ2) is 12.0. The number of pyridine rings is 1. The van der Waals surface area contributed by atoms with Gasteiger partial charge >= 0.3 is 0 Å². The van der Waals surface area contributed by atoms with Crippen molar-refractivity contribution < 1.29 is 13.9 Å². The van der Waals surface area contributed by atoms with Gasteiger partial charge in [-0.1, -0.05) is 19.9 Å². The molecular formula is C33H38FN5O2S. The van der Waals surface area contributed by atoms with Gasteiger partial charge in [0.2, 0.25) is 0 Å². The first-order valence-corrected chi connectivity index (χ1v) is 15.6. The van der Waals surface area contributed by atoms with E-state index in [0.29, 0.717) is 24.4 Å². The fourth-order valence-corrected chi connectivity index (χ4v) is 7.05. The van der Waals surface area contributed by atoms with Crippen LogP contribution < -0.4 is 15.0 Å². The van der Waals surface area contributed by atoms with Gasteiger partial charge in [-0.05, 0) is 54.0 Å². The summed E-state index contributed by atoms with van der Waals surface area (Å²) >= 11 is 1.69. The lowest BCUT2D eigenvalue weighted by Crippen LogP contribution is -2.58. The van der Waals surface area contributed by atoms with Crippen molar-refractivity contribution in [1.82, 2.24) is 20.1 Å². The molecule has 5 aromatic rings. The average molecular weight is 588 g/mol. The normalized spacial score (nSPS) is 16.0. The summed E-state index contributed by atoms with van der Waals surface area (Å²) in [7, 11) is 3.59. The van der Waals surface area contributed by atoms with Crippen molar-refractivity contribution in [3.8, 4) is 28.1 Å². The van der Waals surface area contributed by atoms with Crippen LogP contribution >= 0.6 is 11.3 Å². The van der Waals surface area contributed by atoms with Crippen LogP contribution in [0.3, 0.4) is 0 Å². The van der Waals surface area contributed by atoms with Crippen LogP contribution in [0.5, 0.6) is 5.75 Å².